The summed E-state index contributed by atoms with van der Waals surface area (Å²) >= 11 is 6.60. The summed E-state index contributed by atoms with van der Waals surface area (Å²) in [5.41, 5.74) is 1.56. The average Bonchev–Trinajstić information content (AvgIpc) is 2.95. The van der Waals surface area contributed by atoms with Crippen LogP contribution in [0.1, 0.15) is 31.4 Å². The van der Waals surface area contributed by atoms with Crippen molar-refractivity contribution in [3.05, 3.63) is 57.4 Å². The molecular formula is C20H22N4O2S2. The van der Waals surface area contributed by atoms with Crippen molar-refractivity contribution < 1.29 is 4.79 Å². The molecule has 1 N–H and O–H groups in total. The summed E-state index contributed by atoms with van der Waals surface area (Å²) in [5, 5.41) is 3.10. The first kappa shape index (κ1) is 20.3. The second kappa shape index (κ2) is 8.28. The molecule has 6 nitrogen and oxygen atoms in total. The predicted octanol–water partition coefficient (Wildman–Crippen LogP) is 3.60. The monoisotopic (exact) mass is 414 g/mol. The molecule has 1 amide bonds. The molecule has 0 saturated carbocycles. The van der Waals surface area contributed by atoms with Gasteiger partial charge in [-0.05, 0) is 38.0 Å². The fourth-order valence-electron chi connectivity index (χ4n) is 2.87. The van der Waals surface area contributed by atoms with E-state index >= 15 is 0 Å². The number of aryl methyl sites for hydroxylation is 1. The van der Waals surface area contributed by atoms with E-state index in [4.69, 9.17) is 12.2 Å². The number of thioether (sulfide) groups is 1. The van der Waals surface area contributed by atoms with Crippen molar-refractivity contribution in [1.29, 1.82) is 0 Å². The number of hydrogen-bond acceptors (Lipinski definition) is 6. The molecule has 3 heterocycles. The minimum atomic E-state index is -0.242. The van der Waals surface area contributed by atoms with Gasteiger partial charge in [-0.3, -0.25) is 18.9 Å². The Balaban J connectivity index is 2.16. The Labute approximate surface area is 173 Å². The van der Waals surface area contributed by atoms with Crippen molar-refractivity contribution in [2.24, 2.45) is 0 Å². The first-order chi connectivity index (χ1) is 13.4. The zero-order chi connectivity index (χ0) is 20.4. The Morgan fingerprint density at radius 1 is 1.39 bits per heavy atom. The van der Waals surface area contributed by atoms with E-state index < -0.39 is 0 Å². The number of amides is 1. The fourth-order valence-corrected chi connectivity index (χ4v) is 4.31. The molecule has 146 valence electrons. The van der Waals surface area contributed by atoms with Crippen molar-refractivity contribution in [3.8, 4) is 0 Å². The van der Waals surface area contributed by atoms with Gasteiger partial charge < -0.3 is 5.32 Å². The Morgan fingerprint density at radius 2 is 2.14 bits per heavy atom. The molecule has 1 atom stereocenters. The van der Waals surface area contributed by atoms with E-state index in [1.54, 1.807) is 29.3 Å². The van der Waals surface area contributed by atoms with Gasteiger partial charge in [0.25, 0.3) is 11.5 Å². The van der Waals surface area contributed by atoms with E-state index in [1.165, 1.54) is 16.2 Å². The van der Waals surface area contributed by atoms with Gasteiger partial charge in [0.15, 0.2) is 0 Å². The van der Waals surface area contributed by atoms with Crippen LogP contribution in [-0.2, 0) is 4.79 Å². The van der Waals surface area contributed by atoms with Crippen LogP contribution in [0, 0.1) is 6.92 Å². The highest BCUT2D eigenvalue weighted by Crippen LogP contribution is 2.34. The molecule has 2 aromatic rings. The van der Waals surface area contributed by atoms with E-state index in [0.29, 0.717) is 32.8 Å². The van der Waals surface area contributed by atoms with E-state index in [0.717, 1.165) is 12.0 Å². The summed E-state index contributed by atoms with van der Waals surface area (Å²) < 4.78 is 2.01. The van der Waals surface area contributed by atoms with Gasteiger partial charge in [0.1, 0.15) is 15.8 Å². The number of fused-ring (bicyclic) bond motifs is 1. The molecule has 0 aromatic carbocycles. The Bertz CT molecular complexity index is 1060. The SMILES string of the molecule is C=CCNc1nc2ccc(C)cn2c(=O)c1C=C1SC(=S)N(C(C)CC)C1=O. The third-order valence-corrected chi connectivity index (χ3v) is 5.88. The highest BCUT2D eigenvalue weighted by molar-refractivity contribution is 8.26. The normalized spacial score (nSPS) is 16.8. The average molecular weight is 415 g/mol. The third-order valence-electron chi connectivity index (χ3n) is 4.55. The van der Waals surface area contributed by atoms with Crippen LogP contribution in [0.25, 0.3) is 11.7 Å². The number of pyridine rings is 1. The standard InChI is InChI=1S/C20H22N4O2S2/c1-5-9-21-17-14(18(25)23-11-12(3)7-8-16(23)22-17)10-15-19(26)24(13(4)6-2)20(27)28-15/h5,7-8,10-11,13,21H,1,6,9H2,2-4H3. The number of nitrogens with one attached hydrogen (secondary N) is 1. The summed E-state index contributed by atoms with van der Waals surface area (Å²) in [6, 6.07) is 3.70. The van der Waals surface area contributed by atoms with E-state index in [1.807, 2.05) is 26.8 Å². The lowest BCUT2D eigenvalue weighted by atomic mass is 10.2. The Kier molecular flexibility index (Phi) is 6.00. The van der Waals surface area contributed by atoms with E-state index in [-0.39, 0.29) is 17.5 Å². The molecule has 0 bridgehead atoms. The molecule has 0 aliphatic carbocycles. The molecule has 1 aliphatic heterocycles. The lowest BCUT2D eigenvalue weighted by Crippen LogP contribution is -2.36. The first-order valence-electron chi connectivity index (χ1n) is 9.02. The molecule has 0 radical (unpaired) electrons. The van der Waals surface area contributed by atoms with Crippen LogP contribution >= 0.6 is 24.0 Å². The van der Waals surface area contributed by atoms with Crippen molar-refractivity contribution in [1.82, 2.24) is 14.3 Å². The topological polar surface area (TPSA) is 66.7 Å². The molecule has 3 rings (SSSR count). The number of rotatable bonds is 6. The lowest BCUT2D eigenvalue weighted by molar-refractivity contribution is -0.123. The highest BCUT2D eigenvalue weighted by Gasteiger charge is 2.35. The van der Waals surface area contributed by atoms with Crippen LogP contribution in [0.3, 0.4) is 0 Å². The maximum absolute atomic E-state index is 13.2. The molecule has 28 heavy (non-hydrogen) atoms. The van der Waals surface area contributed by atoms with E-state index in [2.05, 4.69) is 16.9 Å². The summed E-state index contributed by atoms with van der Waals surface area (Å²) in [7, 11) is 0. The number of carbonyl (C=O) groups is 1. The number of anilines is 1. The lowest BCUT2D eigenvalue weighted by Gasteiger charge is -2.21. The zero-order valence-corrected chi connectivity index (χ0v) is 17.7. The van der Waals surface area contributed by atoms with Crippen LogP contribution in [0.15, 0.2) is 40.7 Å². The Morgan fingerprint density at radius 3 is 2.82 bits per heavy atom. The molecule has 2 aromatic heterocycles. The van der Waals surface area contributed by atoms with Gasteiger partial charge in [0.2, 0.25) is 0 Å². The van der Waals surface area contributed by atoms with Gasteiger partial charge in [0.05, 0.1) is 10.5 Å². The second-order valence-corrected chi connectivity index (χ2v) is 8.27. The van der Waals surface area contributed by atoms with Crippen molar-refractivity contribution >= 4 is 51.7 Å². The molecule has 8 heteroatoms. The van der Waals surface area contributed by atoms with Crippen molar-refractivity contribution in [2.45, 2.75) is 33.2 Å². The molecule has 1 unspecified atom stereocenters. The van der Waals surface area contributed by atoms with Gasteiger partial charge in [0, 0.05) is 18.8 Å². The van der Waals surface area contributed by atoms with Gasteiger partial charge in [-0.15, -0.1) is 6.58 Å². The number of carbonyl (C=O) groups excluding carboxylic acids is 1. The number of aromatic nitrogens is 2. The maximum atomic E-state index is 13.2. The molecule has 1 fully saturated rings. The summed E-state index contributed by atoms with van der Waals surface area (Å²) in [6.45, 7) is 10.0. The zero-order valence-electron chi connectivity index (χ0n) is 16.1. The number of hydrogen-bond donors (Lipinski definition) is 1. The Hall–Kier alpha value is -2.45. The smallest absolute Gasteiger partial charge is 0.267 e. The largest absolute Gasteiger partial charge is 0.366 e. The fraction of sp³-hybridized carbons (Fsp3) is 0.300. The predicted molar refractivity (Wildman–Crippen MR) is 120 cm³/mol. The summed E-state index contributed by atoms with van der Waals surface area (Å²) in [4.78, 5) is 32.6. The molecule has 0 spiro atoms. The molecular weight excluding hydrogens is 392 g/mol. The van der Waals surface area contributed by atoms with Crippen LogP contribution in [-0.4, -0.2) is 37.1 Å². The van der Waals surface area contributed by atoms with Crippen LogP contribution in [0.4, 0.5) is 5.82 Å². The summed E-state index contributed by atoms with van der Waals surface area (Å²) in [6.07, 6.45) is 5.82. The minimum Gasteiger partial charge on any atom is -0.366 e. The number of thiocarbonyl (C=S) groups is 1. The van der Waals surface area contributed by atoms with E-state index in [9.17, 15) is 9.59 Å². The van der Waals surface area contributed by atoms with Crippen molar-refractivity contribution in [2.75, 3.05) is 11.9 Å². The van der Waals surface area contributed by atoms with Crippen LogP contribution < -0.4 is 10.9 Å². The molecule has 1 aliphatic rings. The van der Waals surface area contributed by atoms with Gasteiger partial charge >= 0.3 is 0 Å². The van der Waals surface area contributed by atoms with Crippen LogP contribution in [0.5, 0.6) is 0 Å². The van der Waals surface area contributed by atoms with Gasteiger partial charge in [-0.1, -0.05) is 43.0 Å². The number of nitrogens with zero attached hydrogens (tertiary/aromatic N) is 3. The molecule has 1 saturated heterocycles. The van der Waals surface area contributed by atoms with Gasteiger partial charge in [-0.2, -0.15) is 0 Å². The van der Waals surface area contributed by atoms with Crippen molar-refractivity contribution in [3.63, 3.8) is 0 Å². The van der Waals surface area contributed by atoms with Gasteiger partial charge in [-0.25, -0.2) is 4.98 Å². The third kappa shape index (κ3) is 3.74. The minimum absolute atomic E-state index is 0.00948. The first-order valence-corrected chi connectivity index (χ1v) is 10.2. The van der Waals surface area contributed by atoms with Crippen LogP contribution in [0.2, 0.25) is 0 Å². The summed E-state index contributed by atoms with van der Waals surface area (Å²) in [5.74, 6) is 0.246. The highest BCUT2D eigenvalue weighted by atomic mass is 32.2. The maximum Gasteiger partial charge on any atom is 0.267 e. The quantitative estimate of drug-likeness (QED) is 0.443. The second-order valence-electron chi connectivity index (χ2n) is 6.59.